The first-order chi connectivity index (χ1) is 8.40. The molecule has 1 heterocycles. The lowest BCUT2D eigenvalue weighted by molar-refractivity contribution is 0.603. The average Bonchev–Trinajstić information content (AvgIpc) is 2.70. The highest BCUT2D eigenvalue weighted by atomic mass is 79.9. The lowest BCUT2D eigenvalue weighted by Crippen LogP contribution is -2.11. The van der Waals surface area contributed by atoms with Gasteiger partial charge in [-0.2, -0.15) is 0 Å². The van der Waals surface area contributed by atoms with Crippen LogP contribution in [0, 0.1) is 0 Å². The normalized spacial score (nSPS) is 11.5. The van der Waals surface area contributed by atoms with E-state index < -0.39 is 10.0 Å². The van der Waals surface area contributed by atoms with E-state index in [-0.39, 0.29) is 4.21 Å². The fourth-order valence-corrected chi connectivity index (χ4v) is 5.05. The Morgan fingerprint density at radius 2 is 1.89 bits per heavy atom. The molecule has 1 aromatic carbocycles. The van der Waals surface area contributed by atoms with Crippen molar-refractivity contribution >= 4 is 70.5 Å². The van der Waals surface area contributed by atoms with Gasteiger partial charge in [-0.25, -0.2) is 8.42 Å². The quantitative estimate of drug-likeness (QED) is 0.764. The van der Waals surface area contributed by atoms with Gasteiger partial charge in [-0.05, 0) is 61.5 Å². The zero-order valence-corrected chi connectivity index (χ0v) is 14.2. The molecule has 0 fully saturated rings. The summed E-state index contributed by atoms with van der Waals surface area (Å²) in [6.07, 6.45) is 0. The van der Waals surface area contributed by atoms with E-state index in [1.807, 2.05) is 0 Å². The van der Waals surface area contributed by atoms with Crippen molar-refractivity contribution in [2.75, 3.05) is 4.72 Å². The molecule has 0 spiro atoms. The number of nitrogens with one attached hydrogen (secondary N) is 1. The Morgan fingerprint density at radius 3 is 2.44 bits per heavy atom. The molecular weight excluding hydrogens is 426 g/mol. The standard InChI is InChI=1S/C10H6Br2ClNO2S2/c11-7-2-1-6(5-9(7)13)14-18(15,16)10-8(12)3-4-17-10/h1-5,14H. The molecule has 2 aromatic rings. The molecule has 96 valence electrons. The molecule has 0 atom stereocenters. The van der Waals surface area contributed by atoms with Crippen LogP contribution in [-0.4, -0.2) is 8.42 Å². The lowest BCUT2D eigenvalue weighted by atomic mass is 10.3. The Bertz CT molecular complexity index is 685. The van der Waals surface area contributed by atoms with Crippen LogP contribution >= 0.6 is 54.8 Å². The Morgan fingerprint density at radius 1 is 1.17 bits per heavy atom. The van der Waals surface area contributed by atoms with Gasteiger partial charge < -0.3 is 0 Å². The van der Waals surface area contributed by atoms with E-state index in [0.717, 1.165) is 11.3 Å². The number of rotatable bonds is 3. The zero-order valence-electron chi connectivity index (χ0n) is 8.65. The van der Waals surface area contributed by atoms with Crippen molar-refractivity contribution in [3.8, 4) is 0 Å². The minimum absolute atomic E-state index is 0.238. The molecule has 0 unspecified atom stereocenters. The van der Waals surface area contributed by atoms with Gasteiger partial charge in [-0.3, -0.25) is 4.72 Å². The highest BCUT2D eigenvalue weighted by Crippen LogP contribution is 2.31. The molecule has 0 aliphatic heterocycles. The molecule has 0 amide bonds. The van der Waals surface area contributed by atoms with E-state index in [0.29, 0.717) is 19.7 Å². The molecule has 3 nitrogen and oxygen atoms in total. The third kappa shape index (κ3) is 3.08. The molecular formula is C10H6Br2ClNO2S2. The van der Waals surface area contributed by atoms with Crippen molar-refractivity contribution in [3.05, 3.63) is 43.6 Å². The van der Waals surface area contributed by atoms with E-state index in [1.54, 1.807) is 29.6 Å². The Labute approximate surface area is 130 Å². The van der Waals surface area contributed by atoms with Crippen molar-refractivity contribution in [1.82, 2.24) is 0 Å². The maximum atomic E-state index is 12.1. The number of benzene rings is 1. The van der Waals surface area contributed by atoms with Gasteiger partial charge in [0.2, 0.25) is 0 Å². The second kappa shape index (κ2) is 5.50. The maximum absolute atomic E-state index is 12.1. The molecule has 0 radical (unpaired) electrons. The van der Waals surface area contributed by atoms with Crippen LogP contribution in [0.2, 0.25) is 5.02 Å². The van der Waals surface area contributed by atoms with E-state index in [2.05, 4.69) is 36.6 Å². The monoisotopic (exact) mass is 429 g/mol. The second-order valence-corrected chi connectivity index (χ2v) is 8.20. The maximum Gasteiger partial charge on any atom is 0.272 e. The Hall–Kier alpha value is -0.0800. The van der Waals surface area contributed by atoms with Crippen molar-refractivity contribution in [3.63, 3.8) is 0 Å². The zero-order chi connectivity index (χ0) is 13.3. The van der Waals surface area contributed by atoms with Crippen LogP contribution in [0.4, 0.5) is 5.69 Å². The summed E-state index contributed by atoms with van der Waals surface area (Å²) in [6.45, 7) is 0. The number of sulfonamides is 1. The van der Waals surface area contributed by atoms with Gasteiger partial charge in [-0.15, -0.1) is 11.3 Å². The second-order valence-electron chi connectivity index (χ2n) is 3.29. The molecule has 0 saturated heterocycles. The average molecular weight is 432 g/mol. The van der Waals surface area contributed by atoms with Gasteiger partial charge in [-0.1, -0.05) is 11.6 Å². The molecule has 0 saturated carbocycles. The number of thiophene rings is 1. The van der Waals surface area contributed by atoms with Gasteiger partial charge in [0, 0.05) is 8.95 Å². The predicted octanol–water partition coefficient (Wildman–Crippen LogP) is 4.73. The first-order valence-electron chi connectivity index (χ1n) is 4.61. The van der Waals surface area contributed by atoms with E-state index in [4.69, 9.17) is 11.6 Å². The van der Waals surface area contributed by atoms with Crippen molar-refractivity contribution in [2.24, 2.45) is 0 Å². The summed E-state index contributed by atoms with van der Waals surface area (Å²) < 4.78 is 28.2. The summed E-state index contributed by atoms with van der Waals surface area (Å²) in [7, 11) is -3.58. The van der Waals surface area contributed by atoms with Crippen molar-refractivity contribution < 1.29 is 8.42 Å². The summed E-state index contributed by atoms with van der Waals surface area (Å²) in [5.41, 5.74) is 0.420. The summed E-state index contributed by atoms with van der Waals surface area (Å²) in [5, 5.41) is 2.15. The number of hydrogen-bond donors (Lipinski definition) is 1. The molecule has 2 rings (SSSR count). The van der Waals surface area contributed by atoms with Crippen LogP contribution < -0.4 is 4.72 Å². The van der Waals surface area contributed by atoms with Gasteiger partial charge >= 0.3 is 0 Å². The lowest BCUT2D eigenvalue weighted by Gasteiger charge is -2.07. The van der Waals surface area contributed by atoms with Crippen LogP contribution in [0.5, 0.6) is 0 Å². The van der Waals surface area contributed by atoms with Gasteiger partial charge in [0.1, 0.15) is 0 Å². The minimum atomic E-state index is -3.58. The van der Waals surface area contributed by atoms with Crippen LogP contribution in [0.3, 0.4) is 0 Å². The fraction of sp³-hybridized carbons (Fsp3) is 0. The first kappa shape index (κ1) is 14.3. The van der Waals surface area contributed by atoms with E-state index >= 15 is 0 Å². The number of hydrogen-bond acceptors (Lipinski definition) is 3. The Kier molecular flexibility index (Phi) is 4.38. The van der Waals surface area contributed by atoms with Crippen LogP contribution in [0.15, 0.2) is 42.8 Å². The van der Waals surface area contributed by atoms with Crippen LogP contribution in [0.1, 0.15) is 0 Å². The largest absolute Gasteiger partial charge is 0.279 e. The van der Waals surface area contributed by atoms with Gasteiger partial charge in [0.05, 0.1) is 10.7 Å². The Balaban J connectivity index is 2.34. The smallest absolute Gasteiger partial charge is 0.272 e. The topological polar surface area (TPSA) is 46.2 Å². The van der Waals surface area contributed by atoms with Gasteiger partial charge in [0.15, 0.2) is 4.21 Å². The van der Waals surface area contributed by atoms with Crippen molar-refractivity contribution in [1.29, 1.82) is 0 Å². The third-order valence-electron chi connectivity index (χ3n) is 2.00. The summed E-state index contributed by atoms with van der Waals surface area (Å²) in [5.74, 6) is 0. The fourth-order valence-electron chi connectivity index (χ4n) is 1.23. The van der Waals surface area contributed by atoms with E-state index in [9.17, 15) is 8.42 Å². The first-order valence-corrected chi connectivity index (χ1v) is 8.94. The highest BCUT2D eigenvalue weighted by molar-refractivity contribution is 9.10. The number of anilines is 1. The molecule has 1 aromatic heterocycles. The predicted molar refractivity (Wildman–Crippen MR) is 82.0 cm³/mol. The van der Waals surface area contributed by atoms with Crippen LogP contribution in [-0.2, 0) is 10.0 Å². The SMILES string of the molecule is O=S(=O)(Nc1ccc(Br)c(Cl)c1)c1sccc1Br. The molecule has 0 aliphatic carbocycles. The summed E-state index contributed by atoms with van der Waals surface area (Å²) in [6, 6.07) is 6.55. The number of halogens is 3. The molecule has 8 heteroatoms. The van der Waals surface area contributed by atoms with Crippen LogP contribution in [0.25, 0.3) is 0 Å². The highest BCUT2D eigenvalue weighted by Gasteiger charge is 2.19. The molecule has 18 heavy (non-hydrogen) atoms. The third-order valence-corrected chi connectivity index (χ3v) is 7.28. The van der Waals surface area contributed by atoms with Crippen molar-refractivity contribution in [2.45, 2.75) is 4.21 Å². The molecule has 0 bridgehead atoms. The molecule has 0 aliphatic rings. The molecule has 1 N–H and O–H groups in total. The van der Waals surface area contributed by atoms with E-state index in [1.165, 1.54) is 0 Å². The minimum Gasteiger partial charge on any atom is -0.279 e. The summed E-state index contributed by atoms with van der Waals surface area (Å²) >= 11 is 13.5. The van der Waals surface area contributed by atoms with Gasteiger partial charge in [0.25, 0.3) is 10.0 Å². The summed E-state index contributed by atoms with van der Waals surface area (Å²) in [4.78, 5) is 0.